The van der Waals surface area contributed by atoms with E-state index in [0.717, 1.165) is 6.42 Å². The lowest BCUT2D eigenvalue weighted by Gasteiger charge is -2.09. The summed E-state index contributed by atoms with van der Waals surface area (Å²) in [7, 11) is 0. The highest BCUT2D eigenvalue weighted by Crippen LogP contribution is 2.25. The first-order chi connectivity index (χ1) is 11.4. The molecule has 0 unspecified atom stereocenters. The Balaban J connectivity index is 2.09. The molecule has 0 aliphatic heterocycles. The average Bonchev–Trinajstić information content (AvgIpc) is 2.59. The molecular formula is C16H15F3N2O3. The van der Waals surface area contributed by atoms with Gasteiger partial charge in [0.1, 0.15) is 0 Å². The number of ether oxygens (including phenoxy) is 1. The van der Waals surface area contributed by atoms with Crippen LogP contribution in [-0.4, -0.2) is 22.6 Å². The lowest BCUT2D eigenvalue weighted by molar-refractivity contribution is 0.0945. The van der Waals surface area contributed by atoms with Gasteiger partial charge in [-0.2, -0.15) is 4.39 Å². The molecule has 0 radical (unpaired) electrons. The molecule has 2 rings (SSSR count). The molecule has 0 spiro atoms. The second-order valence-electron chi connectivity index (χ2n) is 4.92. The maximum Gasteiger partial charge on any atom is 0.254 e. The number of nitrogens with one attached hydrogen (secondary N) is 1. The quantitative estimate of drug-likeness (QED) is 0.793. The largest absolute Gasteiger partial charge is 0.503 e. The fourth-order valence-corrected chi connectivity index (χ4v) is 1.88. The van der Waals surface area contributed by atoms with E-state index in [9.17, 15) is 18.0 Å². The highest BCUT2D eigenvalue weighted by Gasteiger charge is 2.22. The first-order valence-corrected chi connectivity index (χ1v) is 7.16. The van der Waals surface area contributed by atoms with Crippen LogP contribution >= 0.6 is 0 Å². The summed E-state index contributed by atoms with van der Waals surface area (Å²) in [6.45, 7) is 2.42. The summed E-state index contributed by atoms with van der Waals surface area (Å²) in [5, 5.41) is 11.5. The number of benzene rings is 1. The van der Waals surface area contributed by atoms with E-state index >= 15 is 0 Å². The Hall–Kier alpha value is -2.77. The molecule has 0 saturated heterocycles. The summed E-state index contributed by atoms with van der Waals surface area (Å²) in [5.41, 5.74) is -0.167. The number of halogens is 3. The molecule has 1 heterocycles. The van der Waals surface area contributed by atoms with Crippen LogP contribution in [0.2, 0.25) is 0 Å². The van der Waals surface area contributed by atoms with Crippen molar-refractivity contribution in [2.24, 2.45) is 0 Å². The van der Waals surface area contributed by atoms with Crippen molar-refractivity contribution in [1.29, 1.82) is 0 Å². The Morgan fingerprint density at radius 2 is 2.04 bits per heavy atom. The zero-order valence-corrected chi connectivity index (χ0v) is 12.8. The van der Waals surface area contributed by atoms with Gasteiger partial charge in [0.05, 0.1) is 12.2 Å². The lowest BCUT2D eigenvalue weighted by Crippen LogP contribution is -2.24. The Morgan fingerprint density at radius 1 is 1.29 bits per heavy atom. The Morgan fingerprint density at radius 3 is 2.75 bits per heavy atom. The number of hydrogen-bond donors (Lipinski definition) is 2. The number of hydrogen-bond acceptors (Lipinski definition) is 4. The van der Waals surface area contributed by atoms with E-state index in [2.05, 4.69) is 10.3 Å². The zero-order chi connectivity index (χ0) is 17.7. The fourth-order valence-electron chi connectivity index (χ4n) is 1.88. The number of aromatic hydroxyl groups is 1. The standard InChI is InChI=1S/C16H15F3N2O3/c1-2-5-24-12-6-9(3-4-20-12)8-21-16(23)10-7-11(17)14(19)15(22)13(10)18/h3-4,6-7,22H,2,5,8H2,1H3,(H,21,23). The van der Waals surface area contributed by atoms with Crippen LogP contribution in [-0.2, 0) is 6.54 Å². The van der Waals surface area contributed by atoms with Gasteiger partial charge >= 0.3 is 0 Å². The van der Waals surface area contributed by atoms with Gasteiger partial charge in [-0.1, -0.05) is 6.92 Å². The molecular weight excluding hydrogens is 325 g/mol. The topological polar surface area (TPSA) is 71.5 Å². The van der Waals surface area contributed by atoms with Gasteiger partial charge in [-0.25, -0.2) is 13.8 Å². The zero-order valence-electron chi connectivity index (χ0n) is 12.8. The molecule has 0 fully saturated rings. The van der Waals surface area contributed by atoms with Gasteiger partial charge in [0.25, 0.3) is 5.91 Å². The van der Waals surface area contributed by atoms with Crippen LogP contribution < -0.4 is 10.1 Å². The highest BCUT2D eigenvalue weighted by molar-refractivity contribution is 5.94. The van der Waals surface area contributed by atoms with Gasteiger partial charge in [0, 0.05) is 18.8 Å². The molecule has 24 heavy (non-hydrogen) atoms. The van der Waals surface area contributed by atoms with Crippen LogP contribution in [0.3, 0.4) is 0 Å². The van der Waals surface area contributed by atoms with Gasteiger partial charge < -0.3 is 15.2 Å². The number of amides is 1. The van der Waals surface area contributed by atoms with E-state index in [1.54, 1.807) is 12.1 Å². The first-order valence-electron chi connectivity index (χ1n) is 7.16. The maximum atomic E-state index is 13.7. The van der Waals surface area contributed by atoms with Crippen LogP contribution in [0.15, 0.2) is 24.4 Å². The van der Waals surface area contributed by atoms with Crippen molar-refractivity contribution < 1.29 is 27.8 Å². The van der Waals surface area contributed by atoms with Gasteiger partial charge in [-0.05, 0) is 24.1 Å². The minimum Gasteiger partial charge on any atom is -0.503 e. The van der Waals surface area contributed by atoms with Crippen LogP contribution in [0.25, 0.3) is 0 Å². The minimum absolute atomic E-state index is 0.0109. The molecule has 0 atom stereocenters. The van der Waals surface area contributed by atoms with Crippen molar-refractivity contribution in [3.05, 3.63) is 53.0 Å². The molecule has 0 saturated carbocycles. The van der Waals surface area contributed by atoms with E-state index in [1.165, 1.54) is 6.20 Å². The summed E-state index contributed by atoms with van der Waals surface area (Å²) < 4.78 is 45.2. The molecule has 1 amide bonds. The third-order valence-electron chi connectivity index (χ3n) is 3.08. The Bertz CT molecular complexity index is 754. The van der Waals surface area contributed by atoms with Crippen molar-refractivity contribution in [2.45, 2.75) is 19.9 Å². The van der Waals surface area contributed by atoms with Gasteiger partial charge in [-0.3, -0.25) is 4.79 Å². The Kier molecular flexibility index (Phi) is 5.62. The molecule has 0 aliphatic carbocycles. The van der Waals surface area contributed by atoms with Crippen molar-refractivity contribution in [3.63, 3.8) is 0 Å². The molecule has 0 aliphatic rings. The minimum atomic E-state index is -1.74. The summed E-state index contributed by atoms with van der Waals surface area (Å²) in [5.74, 6) is -6.92. The number of pyridine rings is 1. The van der Waals surface area contributed by atoms with E-state index in [0.29, 0.717) is 24.1 Å². The predicted octanol–water partition coefficient (Wildman–Crippen LogP) is 2.92. The third-order valence-corrected chi connectivity index (χ3v) is 3.08. The van der Waals surface area contributed by atoms with Crippen molar-refractivity contribution in [1.82, 2.24) is 10.3 Å². The third kappa shape index (κ3) is 3.95. The number of phenolic OH excluding ortho intramolecular Hbond substituents is 1. The van der Waals surface area contributed by atoms with Crippen molar-refractivity contribution in [2.75, 3.05) is 6.61 Å². The highest BCUT2D eigenvalue weighted by atomic mass is 19.2. The van der Waals surface area contributed by atoms with Gasteiger partial charge in [0.15, 0.2) is 17.4 Å². The van der Waals surface area contributed by atoms with E-state index in [4.69, 9.17) is 9.84 Å². The molecule has 2 aromatic rings. The second-order valence-corrected chi connectivity index (χ2v) is 4.92. The van der Waals surface area contributed by atoms with Gasteiger partial charge in [0.2, 0.25) is 11.7 Å². The molecule has 1 aromatic heterocycles. The molecule has 8 heteroatoms. The van der Waals surface area contributed by atoms with Crippen molar-refractivity contribution in [3.8, 4) is 11.6 Å². The molecule has 5 nitrogen and oxygen atoms in total. The van der Waals surface area contributed by atoms with Crippen LogP contribution in [0.5, 0.6) is 11.6 Å². The molecule has 1 aromatic carbocycles. The smallest absolute Gasteiger partial charge is 0.254 e. The monoisotopic (exact) mass is 340 g/mol. The maximum absolute atomic E-state index is 13.7. The predicted molar refractivity (Wildman–Crippen MR) is 79.2 cm³/mol. The summed E-state index contributed by atoms with van der Waals surface area (Å²) in [4.78, 5) is 15.9. The molecule has 2 N–H and O–H groups in total. The first kappa shape index (κ1) is 17.6. The number of nitrogens with zero attached hydrogens (tertiary/aromatic N) is 1. The van der Waals surface area contributed by atoms with Crippen LogP contribution in [0.4, 0.5) is 13.2 Å². The number of carbonyl (C=O) groups is 1. The number of phenols is 1. The SMILES string of the molecule is CCCOc1cc(CNC(=O)c2cc(F)c(F)c(O)c2F)ccn1. The van der Waals surface area contributed by atoms with Crippen molar-refractivity contribution >= 4 is 5.91 Å². The number of aromatic nitrogens is 1. The van der Waals surface area contributed by atoms with E-state index < -0.39 is 34.7 Å². The normalized spacial score (nSPS) is 10.5. The number of carbonyl (C=O) groups excluding carboxylic acids is 1. The molecule has 128 valence electrons. The average molecular weight is 340 g/mol. The van der Waals surface area contributed by atoms with E-state index in [1.807, 2.05) is 6.92 Å². The van der Waals surface area contributed by atoms with Crippen LogP contribution in [0.1, 0.15) is 29.3 Å². The lowest BCUT2D eigenvalue weighted by atomic mass is 10.1. The summed E-state index contributed by atoms with van der Waals surface area (Å²) in [6, 6.07) is 3.59. The fraction of sp³-hybridized carbons (Fsp3) is 0.250. The second kappa shape index (κ2) is 7.67. The Labute approximate surface area is 136 Å². The van der Waals surface area contributed by atoms with Gasteiger partial charge in [-0.15, -0.1) is 0 Å². The summed E-state index contributed by atoms with van der Waals surface area (Å²) in [6.07, 6.45) is 2.29. The van der Waals surface area contributed by atoms with E-state index in [-0.39, 0.29) is 6.54 Å². The number of rotatable bonds is 6. The van der Waals surface area contributed by atoms with Crippen LogP contribution in [0, 0.1) is 17.5 Å². The summed E-state index contributed by atoms with van der Waals surface area (Å²) >= 11 is 0. The molecule has 0 bridgehead atoms.